The monoisotopic (exact) mass is 255 g/mol. The Kier molecular flexibility index (Phi) is 4.38. The van der Waals surface area contributed by atoms with Gasteiger partial charge in [0.05, 0.1) is 18.8 Å². The lowest BCUT2D eigenvalue weighted by Crippen LogP contribution is -2.37. The summed E-state index contributed by atoms with van der Waals surface area (Å²) < 4.78 is 31.9. The zero-order valence-corrected chi connectivity index (χ0v) is 9.99. The van der Waals surface area contributed by atoms with Crippen molar-refractivity contribution >= 4 is 5.78 Å². The normalized spacial score (nSPS) is 16.8. The van der Waals surface area contributed by atoms with Gasteiger partial charge < -0.3 is 4.74 Å². The number of benzene rings is 1. The lowest BCUT2D eigenvalue weighted by Gasteiger charge is -2.26. The van der Waals surface area contributed by atoms with Crippen molar-refractivity contribution in [2.75, 3.05) is 32.8 Å². The average Bonchev–Trinajstić information content (AvgIpc) is 2.37. The molecule has 0 unspecified atom stereocenters. The van der Waals surface area contributed by atoms with Gasteiger partial charge in [-0.3, -0.25) is 9.69 Å². The molecule has 3 nitrogen and oxygen atoms in total. The van der Waals surface area contributed by atoms with E-state index in [-0.39, 0.29) is 6.42 Å². The Morgan fingerprint density at radius 3 is 2.44 bits per heavy atom. The molecule has 0 saturated carbocycles. The SMILES string of the molecule is O=C(CCN1CCOCC1)c1c(F)cccc1F. The molecule has 1 saturated heterocycles. The molecule has 2 rings (SSSR count). The lowest BCUT2D eigenvalue weighted by atomic mass is 10.1. The number of rotatable bonds is 4. The molecule has 1 heterocycles. The van der Waals surface area contributed by atoms with Gasteiger partial charge in [-0.25, -0.2) is 8.78 Å². The maximum Gasteiger partial charge on any atom is 0.170 e. The van der Waals surface area contributed by atoms with Crippen LogP contribution < -0.4 is 0 Å². The molecule has 0 aromatic heterocycles. The van der Waals surface area contributed by atoms with Gasteiger partial charge in [-0.1, -0.05) is 6.07 Å². The molecule has 0 spiro atoms. The minimum absolute atomic E-state index is 0.123. The van der Waals surface area contributed by atoms with Crippen LogP contribution >= 0.6 is 0 Å². The fourth-order valence-corrected chi connectivity index (χ4v) is 1.97. The molecular formula is C13H15F2NO2. The van der Waals surface area contributed by atoms with Gasteiger partial charge >= 0.3 is 0 Å². The Bertz CT molecular complexity index is 411. The third-order valence-corrected chi connectivity index (χ3v) is 3.00. The Balaban J connectivity index is 1.95. The summed E-state index contributed by atoms with van der Waals surface area (Å²) in [5.41, 5.74) is -0.425. The molecule has 1 aromatic rings. The Morgan fingerprint density at radius 2 is 1.83 bits per heavy atom. The first kappa shape index (κ1) is 13.1. The number of ether oxygens (including phenoxy) is 1. The van der Waals surface area contributed by atoms with E-state index >= 15 is 0 Å². The molecule has 0 aliphatic carbocycles. The summed E-state index contributed by atoms with van der Waals surface area (Å²) in [7, 11) is 0. The molecule has 1 aromatic carbocycles. The third-order valence-electron chi connectivity index (χ3n) is 3.00. The Labute approximate surface area is 104 Å². The first-order chi connectivity index (χ1) is 8.68. The summed E-state index contributed by atoms with van der Waals surface area (Å²) in [5, 5.41) is 0. The van der Waals surface area contributed by atoms with Crippen LogP contribution in [0.2, 0.25) is 0 Å². The number of carbonyl (C=O) groups excluding carboxylic acids is 1. The predicted molar refractivity (Wildman–Crippen MR) is 62.6 cm³/mol. The molecule has 5 heteroatoms. The van der Waals surface area contributed by atoms with Crippen molar-refractivity contribution in [1.29, 1.82) is 0 Å². The fourth-order valence-electron chi connectivity index (χ4n) is 1.97. The van der Waals surface area contributed by atoms with Gasteiger partial charge in [-0.05, 0) is 12.1 Å². The maximum atomic E-state index is 13.4. The molecule has 0 radical (unpaired) electrons. The molecule has 0 bridgehead atoms. The van der Waals surface area contributed by atoms with Crippen LogP contribution in [0.15, 0.2) is 18.2 Å². The number of hydrogen-bond acceptors (Lipinski definition) is 3. The molecule has 0 amide bonds. The molecule has 0 atom stereocenters. The maximum absolute atomic E-state index is 13.4. The molecule has 18 heavy (non-hydrogen) atoms. The van der Waals surface area contributed by atoms with E-state index in [2.05, 4.69) is 4.90 Å². The van der Waals surface area contributed by atoms with Gasteiger partial charge in [0.15, 0.2) is 5.78 Å². The van der Waals surface area contributed by atoms with E-state index in [1.807, 2.05) is 0 Å². The zero-order chi connectivity index (χ0) is 13.0. The number of carbonyl (C=O) groups is 1. The summed E-state index contributed by atoms with van der Waals surface area (Å²) in [6.07, 6.45) is 0.123. The second-order valence-corrected chi connectivity index (χ2v) is 4.22. The van der Waals surface area contributed by atoms with Crippen LogP contribution in [-0.2, 0) is 4.74 Å². The highest BCUT2D eigenvalue weighted by Gasteiger charge is 2.18. The van der Waals surface area contributed by atoms with E-state index in [4.69, 9.17) is 4.74 Å². The van der Waals surface area contributed by atoms with Crippen LogP contribution in [0.3, 0.4) is 0 Å². The summed E-state index contributed by atoms with van der Waals surface area (Å²) in [5.74, 6) is -2.07. The van der Waals surface area contributed by atoms with E-state index in [0.29, 0.717) is 19.8 Å². The van der Waals surface area contributed by atoms with Crippen molar-refractivity contribution in [3.05, 3.63) is 35.4 Å². The van der Waals surface area contributed by atoms with Crippen LogP contribution in [0.25, 0.3) is 0 Å². The smallest absolute Gasteiger partial charge is 0.170 e. The number of hydrogen-bond donors (Lipinski definition) is 0. The standard InChI is InChI=1S/C13H15F2NO2/c14-10-2-1-3-11(15)13(10)12(17)4-5-16-6-8-18-9-7-16/h1-3H,4-9H2. The van der Waals surface area contributed by atoms with Crippen molar-refractivity contribution < 1.29 is 18.3 Å². The van der Waals surface area contributed by atoms with Crippen LogP contribution in [0.5, 0.6) is 0 Å². The summed E-state index contributed by atoms with van der Waals surface area (Å²) in [4.78, 5) is 13.8. The quantitative estimate of drug-likeness (QED) is 0.769. The van der Waals surface area contributed by atoms with Crippen LogP contribution in [0.1, 0.15) is 16.8 Å². The van der Waals surface area contributed by atoms with Gasteiger partial charge in [-0.15, -0.1) is 0 Å². The van der Waals surface area contributed by atoms with Crippen LogP contribution in [0.4, 0.5) is 8.78 Å². The summed E-state index contributed by atoms with van der Waals surface area (Å²) in [6, 6.07) is 3.46. The molecule has 98 valence electrons. The van der Waals surface area contributed by atoms with Crippen molar-refractivity contribution in [2.45, 2.75) is 6.42 Å². The van der Waals surface area contributed by atoms with Crippen molar-refractivity contribution in [3.8, 4) is 0 Å². The van der Waals surface area contributed by atoms with E-state index < -0.39 is 23.0 Å². The first-order valence-corrected chi connectivity index (χ1v) is 5.96. The second-order valence-electron chi connectivity index (χ2n) is 4.22. The highest BCUT2D eigenvalue weighted by molar-refractivity contribution is 5.96. The number of Topliss-reactive ketones (excluding diaryl/α,β-unsaturated/α-hetero) is 1. The Morgan fingerprint density at radius 1 is 1.22 bits per heavy atom. The van der Waals surface area contributed by atoms with Gasteiger partial charge in [0.1, 0.15) is 11.6 Å². The van der Waals surface area contributed by atoms with Gasteiger partial charge in [0.25, 0.3) is 0 Å². The van der Waals surface area contributed by atoms with Gasteiger partial charge in [0, 0.05) is 26.1 Å². The topological polar surface area (TPSA) is 29.5 Å². The number of morpholine rings is 1. The van der Waals surface area contributed by atoms with Crippen LogP contribution in [0, 0.1) is 11.6 Å². The van der Waals surface area contributed by atoms with E-state index in [1.54, 1.807) is 0 Å². The average molecular weight is 255 g/mol. The molecule has 1 aliphatic heterocycles. The number of halogens is 2. The van der Waals surface area contributed by atoms with Crippen molar-refractivity contribution in [3.63, 3.8) is 0 Å². The van der Waals surface area contributed by atoms with Crippen molar-refractivity contribution in [1.82, 2.24) is 4.90 Å². The summed E-state index contributed by atoms with van der Waals surface area (Å²) in [6.45, 7) is 3.31. The van der Waals surface area contributed by atoms with E-state index in [9.17, 15) is 13.6 Å². The van der Waals surface area contributed by atoms with Crippen molar-refractivity contribution in [2.24, 2.45) is 0 Å². The minimum atomic E-state index is -0.790. The molecular weight excluding hydrogens is 240 g/mol. The predicted octanol–water partition coefficient (Wildman–Crippen LogP) is 1.87. The Hall–Kier alpha value is -1.33. The largest absolute Gasteiger partial charge is 0.379 e. The van der Waals surface area contributed by atoms with E-state index in [1.165, 1.54) is 6.07 Å². The zero-order valence-electron chi connectivity index (χ0n) is 9.99. The summed E-state index contributed by atoms with van der Waals surface area (Å²) >= 11 is 0. The second kappa shape index (κ2) is 6.02. The van der Waals surface area contributed by atoms with Gasteiger partial charge in [0.2, 0.25) is 0 Å². The fraction of sp³-hybridized carbons (Fsp3) is 0.462. The number of ketones is 1. The van der Waals surface area contributed by atoms with Crippen LogP contribution in [-0.4, -0.2) is 43.5 Å². The molecule has 1 fully saturated rings. The third kappa shape index (κ3) is 3.11. The first-order valence-electron chi connectivity index (χ1n) is 5.96. The highest BCUT2D eigenvalue weighted by atomic mass is 19.1. The molecule has 1 aliphatic rings. The van der Waals surface area contributed by atoms with Gasteiger partial charge in [-0.2, -0.15) is 0 Å². The van der Waals surface area contributed by atoms with E-state index in [0.717, 1.165) is 25.2 Å². The lowest BCUT2D eigenvalue weighted by molar-refractivity contribution is 0.0369. The minimum Gasteiger partial charge on any atom is -0.379 e. The highest BCUT2D eigenvalue weighted by Crippen LogP contribution is 2.14. The number of nitrogens with zero attached hydrogens (tertiary/aromatic N) is 1. The molecule has 0 N–H and O–H groups in total.